The van der Waals surface area contributed by atoms with Gasteiger partial charge in [-0.25, -0.2) is 0 Å². The topological polar surface area (TPSA) is 29.5 Å². The van der Waals surface area contributed by atoms with Gasteiger partial charge < -0.3 is 9.84 Å². The molecule has 2 nitrogen and oxygen atoms in total. The van der Waals surface area contributed by atoms with E-state index >= 15 is 0 Å². The molecule has 1 aliphatic rings. The van der Waals surface area contributed by atoms with Crippen LogP contribution in [0.1, 0.15) is 39.5 Å². The third-order valence-corrected chi connectivity index (χ3v) is 2.81. The predicted octanol–water partition coefficient (Wildman–Crippen LogP) is 1.96. The first-order valence-corrected chi connectivity index (χ1v) is 5.04. The van der Waals surface area contributed by atoms with Gasteiger partial charge in [0.05, 0.1) is 12.2 Å². The Bertz CT molecular complexity index is 123. The van der Waals surface area contributed by atoms with Gasteiger partial charge in [-0.1, -0.05) is 13.3 Å². The first-order chi connectivity index (χ1) is 5.77. The van der Waals surface area contributed by atoms with Crippen molar-refractivity contribution >= 4 is 0 Å². The summed E-state index contributed by atoms with van der Waals surface area (Å²) < 4.78 is 5.76. The number of hydrogen-bond donors (Lipinski definition) is 1. The molecule has 1 aliphatic heterocycles. The van der Waals surface area contributed by atoms with Gasteiger partial charge in [0.15, 0.2) is 0 Å². The Morgan fingerprint density at radius 3 is 2.67 bits per heavy atom. The third-order valence-electron chi connectivity index (χ3n) is 2.81. The molecule has 0 amide bonds. The van der Waals surface area contributed by atoms with E-state index in [0.717, 1.165) is 12.8 Å². The minimum absolute atomic E-state index is 0.298. The molecule has 72 valence electrons. The smallest absolute Gasteiger partial charge is 0.0608 e. The van der Waals surface area contributed by atoms with Gasteiger partial charge >= 0.3 is 0 Å². The molecule has 1 fully saturated rings. The van der Waals surface area contributed by atoms with Crippen molar-refractivity contribution in [1.82, 2.24) is 0 Å². The highest BCUT2D eigenvalue weighted by atomic mass is 16.5. The Morgan fingerprint density at radius 1 is 1.50 bits per heavy atom. The number of aliphatic hydroxyl groups excluding tert-OH is 1. The summed E-state index contributed by atoms with van der Waals surface area (Å²) in [5.74, 6) is 0.569. The molecule has 0 aliphatic carbocycles. The van der Waals surface area contributed by atoms with E-state index in [-0.39, 0.29) is 0 Å². The summed E-state index contributed by atoms with van der Waals surface area (Å²) in [6.45, 7) is 4.60. The van der Waals surface area contributed by atoms with E-state index in [1.54, 1.807) is 0 Å². The highest BCUT2D eigenvalue weighted by Gasteiger charge is 2.27. The summed E-state index contributed by atoms with van der Waals surface area (Å²) in [7, 11) is 0. The normalized spacial score (nSPS) is 32.2. The van der Waals surface area contributed by atoms with Crippen LogP contribution in [0.25, 0.3) is 0 Å². The molecule has 0 aromatic carbocycles. The Hall–Kier alpha value is -0.0800. The molecule has 0 spiro atoms. The first-order valence-electron chi connectivity index (χ1n) is 5.04. The van der Waals surface area contributed by atoms with Crippen LogP contribution in [0.15, 0.2) is 0 Å². The summed E-state index contributed by atoms with van der Waals surface area (Å²) in [5, 5.41) is 8.84. The summed E-state index contributed by atoms with van der Waals surface area (Å²) in [4.78, 5) is 0. The second-order valence-corrected chi connectivity index (χ2v) is 3.74. The van der Waals surface area contributed by atoms with Crippen molar-refractivity contribution < 1.29 is 9.84 Å². The van der Waals surface area contributed by atoms with Gasteiger partial charge in [-0.2, -0.15) is 0 Å². The molecule has 3 atom stereocenters. The molecule has 0 aromatic heterocycles. The van der Waals surface area contributed by atoms with E-state index in [9.17, 15) is 0 Å². The largest absolute Gasteiger partial charge is 0.396 e. The van der Waals surface area contributed by atoms with Gasteiger partial charge in [0.2, 0.25) is 0 Å². The second-order valence-electron chi connectivity index (χ2n) is 3.74. The SMILES string of the molecule is CCC(CCO)C1CCC(C)O1. The lowest BCUT2D eigenvalue weighted by atomic mass is 9.94. The van der Waals surface area contributed by atoms with Gasteiger partial charge in [0, 0.05) is 6.61 Å². The maximum Gasteiger partial charge on any atom is 0.0608 e. The lowest BCUT2D eigenvalue weighted by Gasteiger charge is -2.21. The van der Waals surface area contributed by atoms with Crippen LogP contribution in [0.5, 0.6) is 0 Å². The Morgan fingerprint density at radius 2 is 2.25 bits per heavy atom. The van der Waals surface area contributed by atoms with E-state index < -0.39 is 0 Å². The van der Waals surface area contributed by atoms with Crippen molar-refractivity contribution in [2.24, 2.45) is 5.92 Å². The molecule has 0 saturated carbocycles. The van der Waals surface area contributed by atoms with E-state index in [0.29, 0.717) is 24.7 Å². The lowest BCUT2D eigenvalue weighted by Crippen LogP contribution is -2.21. The summed E-state index contributed by atoms with van der Waals surface area (Å²) in [6, 6.07) is 0. The molecule has 3 unspecified atom stereocenters. The van der Waals surface area contributed by atoms with Crippen LogP contribution in [0.3, 0.4) is 0 Å². The summed E-state index contributed by atoms with van der Waals surface area (Å²) in [5.41, 5.74) is 0. The van der Waals surface area contributed by atoms with Crippen LogP contribution in [-0.4, -0.2) is 23.9 Å². The molecule has 2 heteroatoms. The van der Waals surface area contributed by atoms with Crippen LogP contribution < -0.4 is 0 Å². The van der Waals surface area contributed by atoms with Gasteiger partial charge in [0.1, 0.15) is 0 Å². The maximum atomic E-state index is 8.84. The standard InChI is InChI=1S/C10H20O2/c1-3-9(6-7-11)10-5-4-8(2)12-10/h8-11H,3-7H2,1-2H3. The van der Waals surface area contributed by atoms with Crippen molar-refractivity contribution in [3.8, 4) is 0 Å². The number of ether oxygens (including phenoxy) is 1. The Kier molecular flexibility index (Phi) is 4.02. The van der Waals surface area contributed by atoms with E-state index in [2.05, 4.69) is 13.8 Å². The monoisotopic (exact) mass is 172 g/mol. The molecule has 1 rings (SSSR count). The van der Waals surface area contributed by atoms with Crippen molar-refractivity contribution in [3.63, 3.8) is 0 Å². The van der Waals surface area contributed by atoms with E-state index in [4.69, 9.17) is 9.84 Å². The molecule has 0 aromatic rings. The van der Waals surface area contributed by atoms with Crippen LogP contribution in [0, 0.1) is 5.92 Å². The maximum absolute atomic E-state index is 8.84. The molecule has 12 heavy (non-hydrogen) atoms. The molecule has 1 saturated heterocycles. The third kappa shape index (κ3) is 2.46. The minimum Gasteiger partial charge on any atom is -0.396 e. The van der Waals surface area contributed by atoms with Crippen LogP contribution >= 0.6 is 0 Å². The highest BCUT2D eigenvalue weighted by molar-refractivity contribution is 4.76. The van der Waals surface area contributed by atoms with Crippen LogP contribution in [-0.2, 0) is 4.74 Å². The number of aliphatic hydroxyl groups is 1. The van der Waals surface area contributed by atoms with E-state index in [1.807, 2.05) is 0 Å². The number of hydrogen-bond acceptors (Lipinski definition) is 2. The van der Waals surface area contributed by atoms with Gasteiger partial charge in [-0.3, -0.25) is 0 Å². The van der Waals surface area contributed by atoms with Gasteiger partial charge in [0.25, 0.3) is 0 Å². The molecule has 0 bridgehead atoms. The molecular weight excluding hydrogens is 152 g/mol. The highest BCUT2D eigenvalue weighted by Crippen LogP contribution is 2.28. The van der Waals surface area contributed by atoms with Crippen LogP contribution in [0.2, 0.25) is 0 Å². The molecule has 0 radical (unpaired) electrons. The Labute approximate surface area is 74.9 Å². The average Bonchev–Trinajstić information content (AvgIpc) is 2.47. The van der Waals surface area contributed by atoms with Crippen molar-refractivity contribution in [2.75, 3.05) is 6.61 Å². The van der Waals surface area contributed by atoms with Crippen molar-refractivity contribution in [1.29, 1.82) is 0 Å². The quantitative estimate of drug-likeness (QED) is 0.702. The fourth-order valence-corrected chi connectivity index (χ4v) is 2.00. The number of rotatable bonds is 4. The van der Waals surface area contributed by atoms with Gasteiger partial charge in [-0.05, 0) is 32.1 Å². The second kappa shape index (κ2) is 4.83. The summed E-state index contributed by atoms with van der Waals surface area (Å²) >= 11 is 0. The molecule has 1 N–H and O–H groups in total. The predicted molar refractivity (Wildman–Crippen MR) is 49.1 cm³/mol. The zero-order valence-corrected chi connectivity index (χ0v) is 8.12. The molecular formula is C10H20O2. The fraction of sp³-hybridized carbons (Fsp3) is 1.00. The minimum atomic E-state index is 0.298. The van der Waals surface area contributed by atoms with E-state index in [1.165, 1.54) is 12.8 Å². The first kappa shape index (κ1) is 10.0. The van der Waals surface area contributed by atoms with Gasteiger partial charge in [-0.15, -0.1) is 0 Å². The lowest BCUT2D eigenvalue weighted by molar-refractivity contribution is 0.0109. The fourth-order valence-electron chi connectivity index (χ4n) is 2.00. The van der Waals surface area contributed by atoms with Crippen molar-refractivity contribution in [3.05, 3.63) is 0 Å². The van der Waals surface area contributed by atoms with Crippen molar-refractivity contribution in [2.45, 2.75) is 51.7 Å². The Balaban J connectivity index is 2.33. The van der Waals surface area contributed by atoms with Crippen LogP contribution in [0.4, 0.5) is 0 Å². The zero-order chi connectivity index (χ0) is 8.97. The molecule has 1 heterocycles. The average molecular weight is 172 g/mol. The summed E-state index contributed by atoms with van der Waals surface area (Å²) in [6.07, 6.45) is 5.23. The zero-order valence-electron chi connectivity index (χ0n) is 8.12.